The quantitative estimate of drug-likeness (QED) is 0.590. The van der Waals surface area contributed by atoms with Crippen molar-refractivity contribution in [2.24, 2.45) is 0 Å². The van der Waals surface area contributed by atoms with E-state index in [0.29, 0.717) is 19.5 Å². The van der Waals surface area contributed by atoms with Crippen molar-refractivity contribution in [3.05, 3.63) is 27.9 Å². The predicted molar refractivity (Wildman–Crippen MR) is 67.7 cm³/mol. The van der Waals surface area contributed by atoms with Crippen molar-refractivity contribution in [1.29, 1.82) is 0 Å². The standard InChI is InChI=1S/C11H12N4O5/c16-10-6-14(3-1-2-12-10)9-4-7(11(17)18)8(5-13-9)15(19)20/h4-5H,1-3,6H2,(H,12,16)(H,17,18). The van der Waals surface area contributed by atoms with Gasteiger partial charge in [-0.25, -0.2) is 9.78 Å². The van der Waals surface area contributed by atoms with Gasteiger partial charge in [-0.2, -0.15) is 0 Å². The van der Waals surface area contributed by atoms with Crippen LogP contribution in [-0.4, -0.2) is 46.5 Å². The third-order valence-electron chi connectivity index (χ3n) is 2.88. The molecular formula is C11H12N4O5. The molecule has 0 unspecified atom stereocenters. The third kappa shape index (κ3) is 2.82. The summed E-state index contributed by atoms with van der Waals surface area (Å²) in [5, 5.41) is 22.4. The number of nitro groups is 1. The number of hydrogen-bond acceptors (Lipinski definition) is 6. The molecule has 2 N–H and O–H groups in total. The third-order valence-corrected chi connectivity index (χ3v) is 2.88. The summed E-state index contributed by atoms with van der Waals surface area (Å²) >= 11 is 0. The van der Waals surface area contributed by atoms with Gasteiger partial charge < -0.3 is 15.3 Å². The van der Waals surface area contributed by atoms with E-state index in [1.165, 1.54) is 0 Å². The van der Waals surface area contributed by atoms with Crippen LogP contribution in [0.1, 0.15) is 16.8 Å². The molecule has 1 saturated heterocycles. The Morgan fingerprint density at radius 1 is 1.55 bits per heavy atom. The molecule has 0 atom stereocenters. The SMILES string of the molecule is O=C1CN(c2cc(C(=O)O)c([N+](=O)[O-])cn2)CCCN1. The lowest BCUT2D eigenvalue weighted by Gasteiger charge is -2.20. The van der Waals surface area contributed by atoms with Crippen LogP contribution in [0.15, 0.2) is 12.3 Å². The molecule has 9 nitrogen and oxygen atoms in total. The highest BCUT2D eigenvalue weighted by Gasteiger charge is 2.24. The van der Waals surface area contributed by atoms with Gasteiger partial charge >= 0.3 is 11.7 Å². The van der Waals surface area contributed by atoms with Crippen LogP contribution in [-0.2, 0) is 4.79 Å². The highest BCUT2D eigenvalue weighted by molar-refractivity contribution is 5.93. The van der Waals surface area contributed by atoms with E-state index in [1.54, 1.807) is 4.90 Å². The number of nitrogens with one attached hydrogen (secondary N) is 1. The highest BCUT2D eigenvalue weighted by atomic mass is 16.6. The van der Waals surface area contributed by atoms with Crippen molar-refractivity contribution in [3.63, 3.8) is 0 Å². The van der Waals surface area contributed by atoms with E-state index in [0.717, 1.165) is 12.3 Å². The minimum atomic E-state index is -1.40. The number of carboxylic acids is 1. The lowest BCUT2D eigenvalue weighted by Crippen LogP contribution is -2.33. The fraction of sp³-hybridized carbons (Fsp3) is 0.364. The topological polar surface area (TPSA) is 126 Å². The van der Waals surface area contributed by atoms with E-state index in [2.05, 4.69) is 10.3 Å². The minimum absolute atomic E-state index is 0.0455. The van der Waals surface area contributed by atoms with Gasteiger partial charge in [0.15, 0.2) is 0 Å². The molecule has 0 saturated carbocycles. The number of aromatic nitrogens is 1. The summed E-state index contributed by atoms with van der Waals surface area (Å²) < 4.78 is 0. The molecule has 0 aliphatic carbocycles. The fourth-order valence-electron chi connectivity index (χ4n) is 1.93. The van der Waals surface area contributed by atoms with E-state index in [9.17, 15) is 19.7 Å². The first kappa shape index (κ1) is 13.7. The summed E-state index contributed by atoms with van der Waals surface area (Å²) in [4.78, 5) is 37.9. The number of rotatable bonds is 3. The van der Waals surface area contributed by atoms with Crippen molar-refractivity contribution in [2.75, 3.05) is 24.5 Å². The fourth-order valence-corrected chi connectivity index (χ4v) is 1.93. The molecule has 0 aromatic carbocycles. The van der Waals surface area contributed by atoms with Gasteiger partial charge in [0.2, 0.25) is 5.91 Å². The number of anilines is 1. The largest absolute Gasteiger partial charge is 0.477 e. The number of aromatic carboxylic acids is 1. The summed E-state index contributed by atoms with van der Waals surface area (Å²) in [6.07, 6.45) is 1.59. The smallest absolute Gasteiger partial charge is 0.342 e. The van der Waals surface area contributed by atoms with Crippen molar-refractivity contribution >= 4 is 23.4 Å². The lowest BCUT2D eigenvalue weighted by molar-refractivity contribution is -0.385. The van der Waals surface area contributed by atoms with Gasteiger partial charge in [0.25, 0.3) is 0 Å². The van der Waals surface area contributed by atoms with E-state index in [-0.39, 0.29) is 18.3 Å². The first-order valence-corrected chi connectivity index (χ1v) is 5.88. The Kier molecular flexibility index (Phi) is 3.78. The number of hydrogen-bond donors (Lipinski definition) is 2. The van der Waals surface area contributed by atoms with E-state index < -0.39 is 22.1 Å². The van der Waals surface area contributed by atoms with E-state index in [4.69, 9.17) is 5.11 Å². The summed E-state index contributed by atoms with van der Waals surface area (Å²) in [5.74, 6) is -1.36. The van der Waals surface area contributed by atoms with Gasteiger partial charge in [0, 0.05) is 19.2 Å². The van der Waals surface area contributed by atoms with Crippen LogP contribution in [0.25, 0.3) is 0 Å². The Balaban J connectivity index is 2.37. The number of carboxylic acid groups (broad SMARTS) is 1. The van der Waals surface area contributed by atoms with Gasteiger partial charge in [-0.1, -0.05) is 0 Å². The Hall–Kier alpha value is -2.71. The summed E-state index contributed by atoms with van der Waals surface area (Å²) in [6.45, 7) is 1.10. The second-order valence-electron chi connectivity index (χ2n) is 4.25. The van der Waals surface area contributed by atoms with E-state index >= 15 is 0 Å². The van der Waals surface area contributed by atoms with Gasteiger partial charge in [0.1, 0.15) is 17.6 Å². The normalized spacial score (nSPS) is 15.4. The summed E-state index contributed by atoms with van der Waals surface area (Å²) in [7, 11) is 0. The molecule has 9 heteroatoms. The first-order valence-electron chi connectivity index (χ1n) is 5.88. The monoisotopic (exact) mass is 280 g/mol. The van der Waals surface area contributed by atoms with E-state index in [1.807, 2.05) is 0 Å². The molecule has 20 heavy (non-hydrogen) atoms. The summed E-state index contributed by atoms with van der Waals surface area (Å²) in [5.41, 5.74) is -1.01. The van der Waals surface area contributed by atoms with Gasteiger partial charge in [-0.15, -0.1) is 0 Å². The lowest BCUT2D eigenvalue weighted by atomic mass is 10.2. The number of carbonyl (C=O) groups is 2. The Bertz CT molecular complexity index is 574. The van der Waals surface area contributed by atoms with Crippen LogP contribution in [0.2, 0.25) is 0 Å². The second-order valence-corrected chi connectivity index (χ2v) is 4.25. The zero-order chi connectivity index (χ0) is 14.7. The second kappa shape index (κ2) is 5.51. The molecule has 1 amide bonds. The molecule has 2 heterocycles. The van der Waals surface area contributed by atoms with Crippen LogP contribution in [0.3, 0.4) is 0 Å². The van der Waals surface area contributed by atoms with Crippen LogP contribution in [0, 0.1) is 10.1 Å². The van der Waals surface area contributed by atoms with Crippen molar-refractivity contribution in [3.8, 4) is 0 Å². The Morgan fingerprint density at radius 2 is 2.30 bits per heavy atom. The van der Waals surface area contributed by atoms with Crippen LogP contribution in [0.5, 0.6) is 0 Å². The average Bonchev–Trinajstić information content (AvgIpc) is 2.62. The number of nitrogens with zero attached hydrogens (tertiary/aromatic N) is 3. The molecular weight excluding hydrogens is 268 g/mol. The van der Waals surface area contributed by atoms with Gasteiger partial charge in [-0.05, 0) is 6.42 Å². The predicted octanol–water partition coefficient (Wildman–Crippen LogP) is 0.0143. The molecule has 1 fully saturated rings. The Morgan fingerprint density at radius 3 is 2.95 bits per heavy atom. The minimum Gasteiger partial charge on any atom is -0.477 e. The van der Waals surface area contributed by atoms with Gasteiger partial charge in [0.05, 0.1) is 11.5 Å². The maximum absolute atomic E-state index is 11.5. The van der Waals surface area contributed by atoms with Crippen molar-refractivity contribution in [2.45, 2.75) is 6.42 Å². The molecule has 0 bridgehead atoms. The van der Waals surface area contributed by atoms with Crippen LogP contribution < -0.4 is 10.2 Å². The molecule has 106 valence electrons. The summed E-state index contributed by atoms with van der Waals surface area (Å²) in [6, 6.07) is 1.12. The molecule has 0 spiro atoms. The molecule has 2 rings (SSSR count). The van der Waals surface area contributed by atoms with Crippen molar-refractivity contribution < 1.29 is 19.6 Å². The zero-order valence-corrected chi connectivity index (χ0v) is 10.4. The van der Waals surface area contributed by atoms with Crippen LogP contribution in [0.4, 0.5) is 11.5 Å². The zero-order valence-electron chi connectivity index (χ0n) is 10.4. The molecule has 1 aromatic heterocycles. The van der Waals surface area contributed by atoms with Crippen LogP contribution >= 0.6 is 0 Å². The number of carbonyl (C=O) groups excluding carboxylic acids is 1. The maximum atomic E-state index is 11.5. The number of amides is 1. The average molecular weight is 280 g/mol. The Labute approximate surface area is 113 Å². The molecule has 0 radical (unpaired) electrons. The van der Waals surface area contributed by atoms with Gasteiger partial charge in [-0.3, -0.25) is 14.9 Å². The first-order chi connectivity index (χ1) is 9.49. The maximum Gasteiger partial charge on any atom is 0.342 e. The highest BCUT2D eigenvalue weighted by Crippen LogP contribution is 2.22. The van der Waals surface area contributed by atoms with Crippen molar-refractivity contribution in [1.82, 2.24) is 10.3 Å². The molecule has 1 aromatic rings. The number of pyridine rings is 1. The molecule has 1 aliphatic heterocycles. The molecule has 1 aliphatic rings.